The zero-order valence-electron chi connectivity index (χ0n) is 13.8. The minimum absolute atomic E-state index is 0.0247. The van der Waals surface area contributed by atoms with Crippen LogP contribution >= 0.6 is 11.6 Å². The normalized spacial score (nSPS) is 11.2. The molecule has 0 aliphatic carbocycles. The van der Waals surface area contributed by atoms with E-state index in [-0.39, 0.29) is 24.1 Å². The highest BCUT2D eigenvalue weighted by molar-refractivity contribution is 6.30. The van der Waals surface area contributed by atoms with Crippen molar-refractivity contribution in [3.63, 3.8) is 0 Å². The summed E-state index contributed by atoms with van der Waals surface area (Å²) >= 11 is 5.85. The molecular formula is C19H19ClFNO2. The first kappa shape index (κ1) is 18.1. The Kier molecular flexibility index (Phi) is 5.40. The highest BCUT2D eigenvalue weighted by Gasteiger charge is 2.32. The standard InChI is InChI=1S/C19H19ClFNO2/c1-19(2,3)22(18(24)14-6-8-15(20)9-7-14)17(23)12-13-4-10-16(21)11-5-13/h4-11H,12H2,1-3H3. The fraction of sp³-hybridized carbons (Fsp3) is 0.263. The first-order chi connectivity index (χ1) is 11.2. The van der Waals surface area contributed by atoms with Crippen LogP contribution in [0.5, 0.6) is 0 Å². The fourth-order valence-corrected chi connectivity index (χ4v) is 2.50. The second kappa shape index (κ2) is 7.14. The lowest BCUT2D eigenvalue weighted by molar-refractivity contribution is -0.131. The molecule has 2 amide bonds. The number of carbonyl (C=O) groups is 2. The van der Waals surface area contributed by atoms with Crippen LogP contribution in [-0.2, 0) is 11.2 Å². The van der Waals surface area contributed by atoms with Crippen molar-refractivity contribution in [2.45, 2.75) is 32.7 Å². The largest absolute Gasteiger partial charge is 0.274 e. The van der Waals surface area contributed by atoms with Gasteiger partial charge in [0, 0.05) is 16.1 Å². The molecule has 126 valence electrons. The number of hydrogen-bond donors (Lipinski definition) is 0. The molecule has 2 aromatic carbocycles. The topological polar surface area (TPSA) is 37.4 Å². The third kappa shape index (κ3) is 4.42. The van der Waals surface area contributed by atoms with E-state index < -0.39 is 5.54 Å². The van der Waals surface area contributed by atoms with E-state index in [1.54, 1.807) is 57.2 Å². The summed E-state index contributed by atoms with van der Waals surface area (Å²) in [4.78, 5) is 26.7. The minimum Gasteiger partial charge on any atom is -0.274 e. The fourth-order valence-electron chi connectivity index (χ4n) is 2.37. The van der Waals surface area contributed by atoms with Crippen LogP contribution in [0.4, 0.5) is 4.39 Å². The Morgan fingerprint density at radius 3 is 2.04 bits per heavy atom. The van der Waals surface area contributed by atoms with E-state index in [0.29, 0.717) is 16.1 Å². The summed E-state index contributed by atoms with van der Waals surface area (Å²) < 4.78 is 13.0. The average Bonchev–Trinajstić information content (AvgIpc) is 2.49. The molecule has 2 aromatic rings. The lowest BCUT2D eigenvalue weighted by Crippen LogP contribution is -2.50. The summed E-state index contributed by atoms with van der Waals surface area (Å²) in [7, 11) is 0. The Morgan fingerprint density at radius 2 is 1.54 bits per heavy atom. The summed E-state index contributed by atoms with van der Waals surface area (Å²) in [6, 6.07) is 12.1. The summed E-state index contributed by atoms with van der Waals surface area (Å²) in [5.74, 6) is -1.09. The van der Waals surface area contributed by atoms with Gasteiger partial charge in [0.25, 0.3) is 5.91 Å². The maximum atomic E-state index is 13.0. The Bertz CT molecular complexity index is 733. The molecule has 0 aliphatic heterocycles. The van der Waals surface area contributed by atoms with Gasteiger partial charge in [0.2, 0.25) is 5.91 Å². The van der Waals surface area contributed by atoms with E-state index in [0.717, 1.165) is 0 Å². The SMILES string of the molecule is CC(C)(C)N(C(=O)Cc1ccc(F)cc1)C(=O)c1ccc(Cl)cc1. The van der Waals surface area contributed by atoms with Crippen LogP contribution in [0.3, 0.4) is 0 Å². The molecule has 0 fully saturated rings. The second-order valence-electron chi connectivity index (χ2n) is 6.52. The highest BCUT2D eigenvalue weighted by atomic mass is 35.5. The minimum atomic E-state index is -0.687. The van der Waals surface area contributed by atoms with Gasteiger partial charge in [0.05, 0.1) is 6.42 Å². The lowest BCUT2D eigenvalue weighted by atomic mass is 10.0. The van der Waals surface area contributed by atoms with Gasteiger partial charge in [-0.15, -0.1) is 0 Å². The molecule has 0 aliphatic rings. The van der Waals surface area contributed by atoms with E-state index in [1.165, 1.54) is 17.0 Å². The van der Waals surface area contributed by atoms with Gasteiger partial charge in [-0.25, -0.2) is 4.39 Å². The van der Waals surface area contributed by atoms with E-state index in [4.69, 9.17) is 11.6 Å². The van der Waals surface area contributed by atoms with Crippen LogP contribution in [-0.4, -0.2) is 22.3 Å². The molecule has 0 bridgehead atoms. The predicted octanol–water partition coefficient (Wildman–Crippen LogP) is 4.49. The Morgan fingerprint density at radius 1 is 1.00 bits per heavy atom. The number of imide groups is 1. The third-order valence-electron chi connectivity index (χ3n) is 3.48. The lowest BCUT2D eigenvalue weighted by Gasteiger charge is -2.34. The molecule has 5 heteroatoms. The number of hydrogen-bond acceptors (Lipinski definition) is 2. The van der Waals surface area contributed by atoms with E-state index in [2.05, 4.69) is 0 Å². The van der Waals surface area contributed by atoms with Crippen LogP contribution in [0.1, 0.15) is 36.7 Å². The molecule has 0 N–H and O–H groups in total. The number of benzene rings is 2. The van der Waals surface area contributed by atoms with Crippen molar-refractivity contribution in [2.24, 2.45) is 0 Å². The van der Waals surface area contributed by atoms with Crippen LogP contribution < -0.4 is 0 Å². The van der Waals surface area contributed by atoms with Crippen molar-refractivity contribution >= 4 is 23.4 Å². The van der Waals surface area contributed by atoms with Crippen LogP contribution in [0, 0.1) is 5.82 Å². The molecule has 0 radical (unpaired) electrons. The number of amides is 2. The van der Waals surface area contributed by atoms with E-state index in [1.807, 2.05) is 0 Å². The molecule has 0 unspecified atom stereocenters. The van der Waals surface area contributed by atoms with Gasteiger partial charge >= 0.3 is 0 Å². The van der Waals surface area contributed by atoms with Gasteiger partial charge < -0.3 is 0 Å². The Balaban J connectivity index is 2.27. The van der Waals surface area contributed by atoms with Gasteiger partial charge in [0.1, 0.15) is 5.82 Å². The summed E-state index contributed by atoms with van der Waals surface area (Å²) in [6.45, 7) is 5.39. The highest BCUT2D eigenvalue weighted by Crippen LogP contribution is 2.20. The van der Waals surface area contributed by atoms with Gasteiger partial charge in [-0.3, -0.25) is 14.5 Å². The summed E-state index contributed by atoms with van der Waals surface area (Å²) in [5.41, 5.74) is 0.356. The number of rotatable bonds is 3. The second-order valence-corrected chi connectivity index (χ2v) is 6.95. The quantitative estimate of drug-likeness (QED) is 0.820. The first-order valence-electron chi connectivity index (χ1n) is 7.56. The van der Waals surface area contributed by atoms with Crippen LogP contribution in [0.2, 0.25) is 5.02 Å². The van der Waals surface area contributed by atoms with Gasteiger partial charge in [-0.1, -0.05) is 23.7 Å². The third-order valence-corrected chi connectivity index (χ3v) is 3.74. The molecule has 0 saturated heterocycles. The van der Waals surface area contributed by atoms with Crippen LogP contribution in [0.25, 0.3) is 0 Å². The van der Waals surface area contributed by atoms with E-state index >= 15 is 0 Å². The first-order valence-corrected chi connectivity index (χ1v) is 7.93. The Labute approximate surface area is 146 Å². The molecule has 0 atom stereocenters. The molecule has 0 heterocycles. The van der Waals surface area contributed by atoms with Crippen LogP contribution in [0.15, 0.2) is 48.5 Å². The molecule has 2 rings (SSSR count). The zero-order chi connectivity index (χ0) is 17.9. The van der Waals surface area contributed by atoms with Crippen molar-refractivity contribution in [3.8, 4) is 0 Å². The van der Waals surface area contributed by atoms with Crippen molar-refractivity contribution in [1.82, 2.24) is 4.90 Å². The predicted molar refractivity (Wildman–Crippen MR) is 92.5 cm³/mol. The van der Waals surface area contributed by atoms with E-state index in [9.17, 15) is 14.0 Å². The molecule has 3 nitrogen and oxygen atoms in total. The van der Waals surface area contributed by atoms with Crippen molar-refractivity contribution in [2.75, 3.05) is 0 Å². The molecule has 0 spiro atoms. The monoisotopic (exact) mass is 347 g/mol. The van der Waals surface area contributed by atoms with Gasteiger partial charge in [-0.2, -0.15) is 0 Å². The maximum absolute atomic E-state index is 13.0. The molecule has 0 saturated carbocycles. The van der Waals surface area contributed by atoms with Crippen molar-refractivity contribution in [3.05, 3.63) is 70.5 Å². The number of halogens is 2. The summed E-state index contributed by atoms with van der Waals surface area (Å²) in [6.07, 6.45) is 0.0247. The maximum Gasteiger partial charge on any atom is 0.260 e. The van der Waals surface area contributed by atoms with Gasteiger partial charge in [0.15, 0.2) is 0 Å². The Hall–Kier alpha value is -2.20. The zero-order valence-corrected chi connectivity index (χ0v) is 14.6. The smallest absolute Gasteiger partial charge is 0.260 e. The number of nitrogens with zero attached hydrogens (tertiary/aromatic N) is 1. The van der Waals surface area contributed by atoms with Gasteiger partial charge in [-0.05, 0) is 62.7 Å². The van der Waals surface area contributed by atoms with Crippen molar-refractivity contribution in [1.29, 1.82) is 0 Å². The summed E-state index contributed by atoms with van der Waals surface area (Å²) in [5, 5.41) is 0.520. The molecule has 24 heavy (non-hydrogen) atoms. The molecular weight excluding hydrogens is 329 g/mol. The number of carbonyl (C=O) groups excluding carboxylic acids is 2. The van der Waals surface area contributed by atoms with Crippen molar-refractivity contribution < 1.29 is 14.0 Å². The average molecular weight is 348 g/mol. The molecule has 0 aromatic heterocycles.